The molecule has 1 aromatic rings. The van der Waals surface area contributed by atoms with Crippen molar-refractivity contribution < 1.29 is 0 Å². The fourth-order valence-corrected chi connectivity index (χ4v) is 2.57. The van der Waals surface area contributed by atoms with Crippen LogP contribution < -0.4 is 5.32 Å². The molecule has 0 aliphatic rings. The monoisotopic (exact) mass is 265 g/mol. The summed E-state index contributed by atoms with van der Waals surface area (Å²) in [4.78, 5) is 0. The molecule has 1 aromatic carbocycles. The van der Waals surface area contributed by atoms with Crippen LogP contribution in [-0.2, 0) is 6.54 Å². The third-order valence-electron chi connectivity index (χ3n) is 3.48. The molecule has 0 radical (unpaired) electrons. The topological polar surface area (TPSA) is 12.0 Å². The number of aryl methyl sites for hydroxylation is 1. The van der Waals surface area contributed by atoms with Gasteiger partial charge in [-0.3, -0.25) is 0 Å². The van der Waals surface area contributed by atoms with E-state index >= 15 is 0 Å². The molecule has 1 nitrogen and oxygen atoms in total. The average Bonchev–Trinajstić information content (AvgIpc) is 2.37. The van der Waals surface area contributed by atoms with Gasteiger partial charge in [0.1, 0.15) is 0 Å². The van der Waals surface area contributed by atoms with Crippen molar-refractivity contribution in [3.8, 4) is 0 Å². The van der Waals surface area contributed by atoms with E-state index < -0.39 is 0 Å². The van der Waals surface area contributed by atoms with E-state index in [2.05, 4.69) is 43.6 Å². The normalized spacial score (nSPS) is 10.8. The quantitative estimate of drug-likeness (QED) is 0.668. The van der Waals surface area contributed by atoms with Gasteiger partial charge in [0, 0.05) is 6.54 Å². The van der Waals surface area contributed by atoms with Gasteiger partial charge >= 0.3 is 0 Å². The van der Waals surface area contributed by atoms with E-state index in [0.717, 1.165) is 13.1 Å². The lowest BCUT2D eigenvalue weighted by Gasteiger charge is -2.09. The van der Waals surface area contributed by atoms with Gasteiger partial charge in [0.25, 0.3) is 0 Å². The molecular formula is C16H27NS. The third-order valence-corrected chi connectivity index (χ3v) is 4.18. The molecule has 0 saturated heterocycles. The van der Waals surface area contributed by atoms with Gasteiger partial charge in [-0.2, -0.15) is 11.8 Å². The summed E-state index contributed by atoms with van der Waals surface area (Å²) in [6, 6.07) is 6.57. The van der Waals surface area contributed by atoms with Crippen molar-refractivity contribution in [2.45, 2.75) is 46.1 Å². The lowest BCUT2D eigenvalue weighted by atomic mass is 10.0. The standard InChI is InChI=1S/C16H27NS/c1-14-9-8-10-16(15(14)2)13-17-11-6-4-5-7-12-18-3/h8-10,17H,4-7,11-13H2,1-3H3. The highest BCUT2D eigenvalue weighted by atomic mass is 32.2. The molecular weight excluding hydrogens is 238 g/mol. The van der Waals surface area contributed by atoms with Crippen LogP contribution in [0.4, 0.5) is 0 Å². The van der Waals surface area contributed by atoms with E-state index in [9.17, 15) is 0 Å². The predicted molar refractivity (Wildman–Crippen MR) is 84.5 cm³/mol. The molecule has 0 atom stereocenters. The van der Waals surface area contributed by atoms with Crippen LogP contribution in [0, 0.1) is 13.8 Å². The molecule has 0 aliphatic carbocycles. The zero-order chi connectivity index (χ0) is 13.2. The van der Waals surface area contributed by atoms with Gasteiger partial charge < -0.3 is 5.32 Å². The Labute approximate surface area is 117 Å². The molecule has 0 aliphatic heterocycles. The zero-order valence-electron chi connectivity index (χ0n) is 12.1. The van der Waals surface area contributed by atoms with Gasteiger partial charge in [0.15, 0.2) is 0 Å². The second-order valence-electron chi connectivity index (χ2n) is 4.94. The first-order chi connectivity index (χ1) is 8.75. The Bertz CT molecular complexity index is 336. The second kappa shape index (κ2) is 9.46. The summed E-state index contributed by atoms with van der Waals surface area (Å²) in [6.07, 6.45) is 7.61. The molecule has 0 unspecified atom stereocenters. The van der Waals surface area contributed by atoms with Crippen molar-refractivity contribution in [2.24, 2.45) is 0 Å². The summed E-state index contributed by atoms with van der Waals surface area (Å²) in [6.45, 7) is 6.56. The van der Waals surface area contributed by atoms with Crippen LogP contribution in [0.5, 0.6) is 0 Å². The molecule has 1 N–H and O–H groups in total. The van der Waals surface area contributed by atoms with Gasteiger partial charge in [0.2, 0.25) is 0 Å². The summed E-state index contributed by atoms with van der Waals surface area (Å²) in [5.74, 6) is 1.32. The molecule has 0 saturated carbocycles. The van der Waals surface area contributed by atoms with Gasteiger partial charge in [-0.1, -0.05) is 31.0 Å². The maximum Gasteiger partial charge on any atom is 0.0208 e. The Hall–Kier alpha value is -0.470. The number of thioether (sulfide) groups is 1. The largest absolute Gasteiger partial charge is 0.313 e. The van der Waals surface area contributed by atoms with E-state index in [1.54, 1.807) is 0 Å². The minimum Gasteiger partial charge on any atom is -0.313 e. The maximum absolute atomic E-state index is 3.56. The number of hydrogen-bond donors (Lipinski definition) is 1. The SMILES string of the molecule is CSCCCCCCNCc1cccc(C)c1C. The average molecular weight is 265 g/mol. The van der Waals surface area contributed by atoms with Gasteiger partial charge in [-0.15, -0.1) is 0 Å². The molecule has 18 heavy (non-hydrogen) atoms. The van der Waals surface area contributed by atoms with Crippen molar-refractivity contribution in [3.05, 3.63) is 34.9 Å². The fourth-order valence-electron chi connectivity index (χ4n) is 2.08. The minimum absolute atomic E-state index is 1.01. The first-order valence-electron chi connectivity index (χ1n) is 7.00. The number of hydrogen-bond acceptors (Lipinski definition) is 2. The first-order valence-corrected chi connectivity index (χ1v) is 8.40. The molecule has 102 valence electrons. The number of rotatable bonds is 9. The van der Waals surface area contributed by atoms with Gasteiger partial charge in [0.05, 0.1) is 0 Å². The highest BCUT2D eigenvalue weighted by molar-refractivity contribution is 7.98. The minimum atomic E-state index is 1.01. The Morgan fingerprint density at radius 3 is 2.61 bits per heavy atom. The second-order valence-corrected chi connectivity index (χ2v) is 5.93. The highest BCUT2D eigenvalue weighted by Crippen LogP contribution is 2.12. The Morgan fingerprint density at radius 2 is 1.83 bits per heavy atom. The van der Waals surface area contributed by atoms with Crippen molar-refractivity contribution in [2.75, 3.05) is 18.6 Å². The third kappa shape index (κ3) is 5.92. The molecule has 1 rings (SSSR count). The smallest absolute Gasteiger partial charge is 0.0208 e. The number of unbranched alkanes of at least 4 members (excludes halogenated alkanes) is 3. The van der Waals surface area contributed by atoms with E-state index in [0.29, 0.717) is 0 Å². The summed E-state index contributed by atoms with van der Waals surface area (Å²) in [5, 5.41) is 3.56. The van der Waals surface area contributed by atoms with Crippen LogP contribution in [0.25, 0.3) is 0 Å². The van der Waals surface area contributed by atoms with Crippen molar-refractivity contribution in [1.29, 1.82) is 0 Å². The number of benzene rings is 1. The lowest BCUT2D eigenvalue weighted by Crippen LogP contribution is -2.15. The Morgan fingerprint density at radius 1 is 1.06 bits per heavy atom. The van der Waals surface area contributed by atoms with Crippen LogP contribution in [0.1, 0.15) is 42.4 Å². The van der Waals surface area contributed by atoms with E-state index in [1.165, 1.54) is 48.1 Å². The molecule has 0 bridgehead atoms. The molecule has 0 aromatic heterocycles. The summed E-state index contributed by atoms with van der Waals surface area (Å²) in [7, 11) is 0. The fraction of sp³-hybridized carbons (Fsp3) is 0.625. The van der Waals surface area contributed by atoms with Crippen LogP contribution >= 0.6 is 11.8 Å². The Balaban J connectivity index is 2.09. The van der Waals surface area contributed by atoms with Crippen LogP contribution in [0.2, 0.25) is 0 Å². The van der Waals surface area contributed by atoms with Crippen molar-refractivity contribution in [1.82, 2.24) is 5.32 Å². The van der Waals surface area contributed by atoms with Gasteiger partial charge in [-0.25, -0.2) is 0 Å². The van der Waals surface area contributed by atoms with E-state index in [1.807, 2.05) is 11.8 Å². The molecule has 0 fully saturated rings. The molecule has 0 amide bonds. The summed E-state index contributed by atoms with van der Waals surface area (Å²) < 4.78 is 0. The van der Waals surface area contributed by atoms with Crippen molar-refractivity contribution in [3.63, 3.8) is 0 Å². The van der Waals surface area contributed by atoms with Crippen LogP contribution in [0.3, 0.4) is 0 Å². The zero-order valence-corrected chi connectivity index (χ0v) is 12.9. The molecule has 0 heterocycles. The molecule has 0 spiro atoms. The lowest BCUT2D eigenvalue weighted by molar-refractivity contribution is 0.598. The summed E-state index contributed by atoms with van der Waals surface area (Å²) in [5.41, 5.74) is 4.27. The summed E-state index contributed by atoms with van der Waals surface area (Å²) >= 11 is 1.95. The van der Waals surface area contributed by atoms with Crippen molar-refractivity contribution >= 4 is 11.8 Å². The van der Waals surface area contributed by atoms with Gasteiger partial charge in [-0.05, 0) is 61.9 Å². The first kappa shape index (κ1) is 15.6. The molecule has 2 heteroatoms. The highest BCUT2D eigenvalue weighted by Gasteiger charge is 1.99. The van der Waals surface area contributed by atoms with Crippen LogP contribution in [-0.4, -0.2) is 18.6 Å². The maximum atomic E-state index is 3.56. The van der Waals surface area contributed by atoms with E-state index in [-0.39, 0.29) is 0 Å². The van der Waals surface area contributed by atoms with E-state index in [4.69, 9.17) is 0 Å². The Kier molecular flexibility index (Phi) is 8.19. The van der Waals surface area contributed by atoms with Crippen LogP contribution in [0.15, 0.2) is 18.2 Å². The predicted octanol–water partition coefficient (Wildman–Crippen LogP) is 4.32. The number of nitrogens with one attached hydrogen (secondary N) is 1.